The first-order valence-corrected chi connectivity index (χ1v) is 4.05. The van der Waals surface area contributed by atoms with Crippen molar-refractivity contribution < 1.29 is 4.74 Å². The summed E-state index contributed by atoms with van der Waals surface area (Å²) < 4.78 is 5.43. The van der Waals surface area contributed by atoms with Crippen molar-refractivity contribution in [3.05, 3.63) is 0 Å². The minimum Gasteiger partial charge on any atom is -0.351 e. The lowest BCUT2D eigenvalue weighted by Gasteiger charge is -2.33. The van der Waals surface area contributed by atoms with Crippen molar-refractivity contribution in [2.75, 3.05) is 20.7 Å². The summed E-state index contributed by atoms with van der Waals surface area (Å²) >= 11 is 4.40. The molecule has 1 unspecified atom stereocenters. The molecule has 2 nitrogen and oxygen atoms in total. The summed E-state index contributed by atoms with van der Waals surface area (Å²) in [4.78, 5) is 1.97. The number of ether oxygens (including phenoxy) is 1. The normalized spacial score (nSPS) is 17.4. The molecule has 0 aliphatic carbocycles. The van der Waals surface area contributed by atoms with E-state index in [0.717, 1.165) is 6.42 Å². The minimum atomic E-state index is -0.380. The monoisotopic (exact) mass is 163 g/mol. The van der Waals surface area contributed by atoms with E-state index < -0.39 is 0 Å². The maximum Gasteiger partial charge on any atom is 0.166 e. The van der Waals surface area contributed by atoms with E-state index in [0.29, 0.717) is 6.61 Å². The van der Waals surface area contributed by atoms with Gasteiger partial charge in [-0.05, 0) is 27.4 Å². The Morgan fingerprint density at radius 1 is 1.40 bits per heavy atom. The molecule has 0 bridgehead atoms. The van der Waals surface area contributed by atoms with Crippen LogP contribution in [0.1, 0.15) is 20.3 Å². The fourth-order valence-electron chi connectivity index (χ4n) is 0.779. The van der Waals surface area contributed by atoms with Crippen LogP contribution in [0.2, 0.25) is 0 Å². The molecule has 0 radical (unpaired) electrons. The summed E-state index contributed by atoms with van der Waals surface area (Å²) in [6, 6.07) is 0. The SMILES string of the molecule is CCOC(S)(CC)N(C)C. The van der Waals surface area contributed by atoms with Gasteiger partial charge in [0.2, 0.25) is 0 Å². The van der Waals surface area contributed by atoms with Crippen molar-refractivity contribution in [1.82, 2.24) is 4.90 Å². The summed E-state index contributed by atoms with van der Waals surface area (Å²) in [5.74, 6) is 0. The molecule has 0 fully saturated rings. The molecule has 0 aliphatic rings. The Labute approximate surface area is 69.0 Å². The Morgan fingerprint density at radius 3 is 2.00 bits per heavy atom. The highest BCUT2D eigenvalue weighted by Crippen LogP contribution is 2.22. The highest BCUT2D eigenvalue weighted by atomic mass is 32.1. The quantitative estimate of drug-likeness (QED) is 0.499. The molecule has 0 saturated heterocycles. The molecular formula is C7H17NOS. The van der Waals surface area contributed by atoms with Crippen molar-refractivity contribution in [2.24, 2.45) is 0 Å². The lowest BCUT2D eigenvalue weighted by molar-refractivity contribution is -0.0606. The summed E-state index contributed by atoms with van der Waals surface area (Å²) in [5.41, 5.74) is 0. The molecule has 0 aliphatic heterocycles. The van der Waals surface area contributed by atoms with Crippen LogP contribution >= 0.6 is 12.6 Å². The molecule has 0 aromatic carbocycles. The Hall–Kier alpha value is 0.270. The highest BCUT2D eigenvalue weighted by molar-refractivity contribution is 7.81. The predicted molar refractivity (Wildman–Crippen MR) is 47.3 cm³/mol. The van der Waals surface area contributed by atoms with Gasteiger partial charge in [0.1, 0.15) is 0 Å². The number of hydrogen-bond acceptors (Lipinski definition) is 3. The van der Waals surface area contributed by atoms with Crippen molar-refractivity contribution in [2.45, 2.75) is 25.3 Å². The highest BCUT2D eigenvalue weighted by Gasteiger charge is 2.25. The second-order valence-electron chi connectivity index (χ2n) is 2.42. The molecule has 0 N–H and O–H groups in total. The van der Waals surface area contributed by atoms with Gasteiger partial charge in [-0.15, -0.1) is 12.6 Å². The number of thiol groups is 1. The van der Waals surface area contributed by atoms with Gasteiger partial charge in [-0.25, -0.2) is 0 Å². The number of hydrogen-bond donors (Lipinski definition) is 1. The van der Waals surface area contributed by atoms with Gasteiger partial charge in [0.15, 0.2) is 5.06 Å². The largest absolute Gasteiger partial charge is 0.351 e. The van der Waals surface area contributed by atoms with E-state index in [2.05, 4.69) is 19.6 Å². The van der Waals surface area contributed by atoms with E-state index in [1.54, 1.807) is 0 Å². The van der Waals surface area contributed by atoms with Crippen molar-refractivity contribution in [3.8, 4) is 0 Å². The Kier molecular flexibility index (Phi) is 4.32. The van der Waals surface area contributed by atoms with Crippen LogP contribution in [-0.2, 0) is 4.74 Å². The van der Waals surface area contributed by atoms with Gasteiger partial charge < -0.3 is 4.74 Å². The molecule has 0 heterocycles. The van der Waals surface area contributed by atoms with Crippen molar-refractivity contribution in [3.63, 3.8) is 0 Å². The van der Waals surface area contributed by atoms with Crippen LogP contribution in [-0.4, -0.2) is 30.7 Å². The predicted octanol–water partition coefficient (Wildman–Crippen LogP) is 1.58. The van der Waals surface area contributed by atoms with Crippen molar-refractivity contribution >= 4 is 12.6 Å². The van der Waals surface area contributed by atoms with E-state index in [-0.39, 0.29) is 5.06 Å². The van der Waals surface area contributed by atoms with E-state index in [4.69, 9.17) is 4.74 Å². The molecule has 0 saturated carbocycles. The standard InChI is InChI=1S/C7H17NOS/c1-5-7(10,8(3)4)9-6-2/h10H,5-6H2,1-4H3. The van der Waals surface area contributed by atoms with Gasteiger partial charge in [0.25, 0.3) is 0 Å². The first-order valence-electron chi connectivity index (χ1n) is 3.60. The molecule has 1 atom stereocenters. The smallest absolute Gasteiger partial charge is 0.166 e. The molecule has 0 spiro atoms. The fourth-order valence-corrected chi connectivity index (χ4v) is 0.908. The van der Waals surface area contributed by atoms with Crippen LogP contribution in [0.4, 0.5) is 0 Å². The van der Waals surface area contributed by atoms with Crippen LogP contribution in [0.3, 0.4) is 0 Å². The molecule has 0 amide bonds. The van der Waals surface area contributed by atoms with Gasteiger partial charge in [-0.1, -0.05) is 6.92 Å². The maximum atomic E-state index is 5.43. The summed E-state index contributed by atoms with van der Waals surface area (Å²) in [6.07, 6.45) is 0.886. The fraction of sp³-hybridized carbons (Fsp3) is 1.00. The first-order chi connectivity index (χ1) is 4.56. The molecule has 0 aromatic rings. The molecular weight excluding hydrogens is 146 g/mol. The lowest BCUT2D eigenvalue weighted by atomic mass is 10.4. The third-order valence-corrected chi connectivity index (χ3v) is 2.38. The molecule has 0 aromatic heterocycles. The number of nitrogens with zero attached hydrogens (tertiary/aromatic N) is 1. The van der Waals surface area contributed by atoms with Gasteiger partial charge in [-0.3, -0.25) is 4.90 Å². The second kappa shape index (κ2) is 4.21. The van der Waals surface area contributed by atoms with Crippen LogP contribution in [0.25, 0.3) is 0 Å². The van der Waals surface area contributed by atoms with E-state index in [1.165, 1.54) is 0 Å². The molecule has 0 rings (SSSR count). The Balaban J connectivity index is 3.94. The third kappa shape index (κ3) is 2.48. The zero-order chi connectivity index (χ0) is 8.20. The molecule has 10 heavy (non-hydrogen) atoms. The average molecular weight is 163 g/mol. The third-order valence-electron chi connectivity index (χ3n) is 1.53. The Morgan fingerprint density at radius 2 is 1.90 bits per heavy atom. The molecule has 62 valence electrons. The van der Waals surface area contributed by atoms with Crippen LogP contribution < -0.4 is 0 Å². The maximum absolute atomic E-state index is 5.43. The van der Waals surface area contributed by atoms with Crippen LogP contribution in [0, 0.1) is 0 Å². The van der Waals surface area contributed by atoms with Gasteiger partial charge >= 0.3 is 0 Å². The second-order valence-corrected chi connectivity index (χ2v) is 3.12. The lowest BCUT2D eigenvalue weighted by Crippen LogP contribution is -2.40. The average Bonchev–Trinajstić information content (AvgIpc) is 1.88. The van der Waals surface area contributed by atoms with E-state index >= 15 is 0 Å². The van der Waals surface area contributed by atoms with Crippen LogP contribution in [0.5, 0.6) is 0 Å². The molecule has 3 heteroatoms. The van der Waals surface area contributed by atoms with Gasteiger partial charge in [0, 0.05) is 6.61 Å². The minimum absolute atomic E-state index is 0.380. The Bertz CT molecular complexity index is 97.6. The zero-order valence-electron chi connectivity index (χ0n) is 7.22. The summed E-state index contributed by atoms with van der Waals surface area (Å²) in [5, 5.41) is -0.380. The summed E-state index contributed by atoms with van der Waals surface area (Å²) in [6.45, 7) is 4.74. The van der Waals surface area contributed by atoms with Gasteiger partial charge in [0.05, 0.1) is 0 Å². The van der Waals surface area contributed by atoms with E-state index in [1.807, 2.05) is 25.9 Å². The van der Waals surface area contributed by atoms with E-state index in [9.17, 15) is 0 Å². The van der Waals surface area contributed by atoms with Crippen molar-refractivity contribution in [1.29, 1.82) is 0 Å². The number of rotatable bonds is 4. The summed E-state index contributed by atoms with van der Waals surface area (Å²) in [7, 11) is 3.93. The first kappa shape index (κ1) is 10.3. The van der Waals surface area contributed by atoms with Crippen LogP contribution in [0.15, 0.2) is 0 Å². The topological polar surface area (TPSA) is 12.5 Å². The van der Waals surface area contributed by atoms with Gasteiger partial charge in [-0.2, -0.15) is 0 Å². The zero-order valence-corrected chi connectivity index (χ0v) is 8.11.